The summed E-state index contributed by atoms with van der Waals surface area (Å²) in [5, 5.41) is 13.8. The highest BCUT2D eigenvalue weighted by atomic mass is 32.1. The highest BCUT2D eigenvalue weighted by Crippen LogP contribution is 2.28. The lowest BCUT2D eigenvalue weighted by molar-refractivity contribution is 0.188. The van der Waals surface area contributed by atoms with Crippen LogP contribution in [0.25, 0.3) is 0 Å². The van der Waals surface area contributed by atoms with Gasteiger partial charge < -0.3 is 15.7 Å². The molecule has 2 rings (SSSR count). The van der Waals surface area contributed by atoms with Crippen molar-refractivity contribution in [2.75, 3.05) is 6.54 Å². The number of carboxylic acid groups (broad SMARTS) is 1. The normalized spacial score (nSPS) is 26.9. The van der Waals surface area contributed by atoms with Gasteiger partial charge in [-0.1, -0.05) is 12.1 Å². The third-order valence-electron chi connectivity index (χ3n) is 3.51. The molecule has 3 unspecified atom stereocenters. The van der Waals surface area contributed by atoms with Gasteiger partial charge in [0.15, 0.2) is 11.6 Å². The fourth-order valence-corrected chi connectivity index (χ4v) is 2.79. The standard InChI is InChI=1S/C13H16F2N2O2S/c14-9-3-1-2-8(11(9)15)7-4-5-10(17-13(18)19)12(20)16-6-7/h1-3,7,10,12,16-17,20H,4-6H2,(H,18,19). The smallest absolute Gasteiger partial charge is 0.404 e. The lowest BCUT2D eigenvalue weighted by Crippen LogP contribution is -2.45. The third kappa shape index (κ3) is 3.40. The van der Waals surface area contributed by atoms with Gasteiger partial charge in [-0.2, -0.15) is 12.6 Å². The van der Waals surface area contributed by atoms with E-state index in [1.807, 2.05) is 0 Å². The number of amides is 1. The van der Waals surface area contributed by atoms with Gasteiger partial charge in [-0.3, -0.25) is 0 Å². The van der Waals surface area contributed by atoms with E-state index in [0.717, 1.165) is 6.07 Å². The highest BCUT2D eigenvalue weighted by molar-refractivity contribution is 7.81. The number of benzene rings is 1. The van der Waals surface area contributed by atoms with Gasteiger partial charge >= 0.3 is 6.09 Å². The van der Waals surface area contributed by atoms with Crippen LogP contribution in [-0.2, 0) is 0 Å². The maximum absolute atomic E-state index is 13.8. The summed E-state index contributed by atoms with van der Waals surface area (Å²) in [6, 6.07) is 3.75. The number of nitrogens with one attached hydrogen (secondary N) is 2. The molecule has 1 fully saturated rings. The molecule has 4 nitrogen and oxygen atoms in total. The van der Waals surface area contributed by atoms with Crippen LogP contribution in [0.15, 0.2) is 18.2 Å². The van der Waals surface area contributed by atoms with Gasteiger partial charge in [0, 0.05) is 6.54 Å². The molecule has 1 aliphatic heterocycles. The minimum atomic E-state index is -1.12. The van der Waals surface area contributed by atoms with Gasteiger partial charge in [0.05, 0.1) is 11.4 Å². The zero-order valence-corrected chi connectivity index (χ0v) is 11.5. The molecule has 1 amide bonds. The topological polar surface area (TPSA) is 61.4 Å². The van der Waals surface area contributed by atoms with Crippen molar-refractivity contribution in [2.45, 2.75) is 30.2 Å². The molecular weight excluding hydrogens is 286 g/mol. The molecular formula is C13H16F2N2O2S. The van der Waals surface area contributed by atoms with E-state index >= 15 is 0 Å². The summed E-state index contributed by atoms with van der Waals surface area (Å²) in [4.78, 5) is 10.7. The van der Waals surface area contributed by atoms with Crippen LogP contribution in [-0.4, -0.2) is 29.2 Å². The molecule has 0 spiro atoms. The molecule has 20 heavy (non-hydrogen) atoms. The summed E-state index contributed by atoms with van der Waals surface area (Å²) >= 11 is 4.29. The second-order valence-corrected chi connectivity index (χ2v) is 5.38. The zero-order chi connectivity index (χ0) is 14.7. The van der Waals surface area contributed by atoms with Gasteiger partial charge in [-0.15, -0.1) is 0 Å². The molecule has 0 aromatic heterocycles. The van der Waals surface area contributed by atoms with Crippen molar-refractivity contribution in [1.29, 1.82) is 0 Å². The largest absolute Gasteiger partial charge is 0.465 e. The molecule has 3 atom stereocenters. The van der Waals surface area contributed by atoms with Crippen LogP contribution >= 0.6 is 12.6 Å². The van der Waals surface area contributed by atoms with Crippen molar-refractivity contribution < 1.29 is 18.7 Å². The number of halogens is 2. The molecule has 0 saturated carbocycles. The maximum atomic E-state index is 13.8. The fourth-order valence-electron chi connectivity index (χ4n) is 2.46. The van der Waals surface area contributed by atoms with Crippen LogP contribution in [0.3, 0.4) is 0 Å². The van der Waals surface area contributed by atoms with Crippen LogP contribution in [0.1, 0.15) is 24.3 Å². The zero-order valence-electron chi connectivity index (χ0n) is 10.6. The first kappa shape index (κ1) is 15.1. The summed E-state index contributed by atoms with van der Waals surface area (Å²) < 4.78 is 27.1. The Kier molecular flexibility index (Phi) is 4.82. The van der Waals surface area contributed by atoms with Crippen molar-refractivity contribution in [3.8, 4) is 0 Å². The van der Waals surface area contributed by atoms with E-state index in [0.29, 0.717) is 24.9 Å². The Morgan fingerprint density at radius 2 is 2.15 bits per heavy atom. The van der Waals surface area contributed by atoms with Crippen LogP contribution in [0.4, 0.5) is 13.6 Å². The lowest BCUT2D eigenvalue weighted by Gasteiger charge is -2.20. The monoisotopic (exact) mass is 302 g/mol. The summed E-state index contributed by atoms with van der Waals surface area (Å²) in [5.41, 5.74) is 0.314. The van der Waals surface area contributed by atoms with E-state index in [9.17, 15) is 13.6 Å². The summed E-state index contributed by atoms with van der Waals surface area (Å²) in [5.74, 6) is -1.91. The van der Waals surface area contributed by atoms with Crippen molar-refractivity contribution in [3.05, 3.63) is 35.4 Å². The SMILES string of the molecule is O=C(O)NC1CCC(c2cccc(F)c2F)CNC1S. The van der Waals surface area contributed by atoms with E-state index in [1.54, 1.807) is 6.07 Å². The van der Waals surface area contributed by atoms with Gasteiger partial charge in [0.2, 0.25) is 0 Å². The van der Waals surface area contributed by atoms with Crippen LogP contribution < -0.4 is 10.6 Å². The Morgan fingerprint density at radius 1 is 1.40 bits per heavy atom. The van der Waals surface area contributed by atoms with Crippen LogP contribution in [0.5, 0.6) is 0 Å². The van der Waals surface area contributed by atoms with Crippen molar-refractivity contribution in [3.63, 3.8) is 0 Å². The predicted octanol–water partition coefficient (Wildman–Crippen LogP) is 2.32. The van der Waals surface area contributed by atoms with E-state index in [4.69, 9.17) is 5.11 Å². The Labute approximate surface area is 121 Å². The molecule has 7 heteroatoms. The fraction of sp³-hybridized carbons (Fsp3) is 0.462. The first-order valence-electron chi connectivity index (χ1n) is 6.34. The van der Waals surface area contributed by atoms with E-state index in [-0.39, 0.29) is 17.3 Å². The van der Waals surface area contributed by atoms with Crippen molar-refractivity contribution in [2.24, 2.45) is 0 Å². The highest BCUT2D eigenvalue weighted by Gasteiger charge is 2.28. The minimum absolute atomic E-state index is 0.207. The van der Waals surface area contributed by atoms with Gasteiger partial charge in [0.25, 0.3) is 0 Å². The number of thiol groups is 1. The molecule has 110 valence electrons. The van der Waals surface area contributed by atoms with Crippen molar-refractivity contribution in [1.82, 2.24) is 10.6 Å². The molecule has 1 aliphatic rings. The first-order valence-corrected chi connectivity index (χ1v) is 6.85. The van der Waals surface area contributed by atoms with Gasteiger partial charge in [-0.25, -0.2) is 13.6 Å². The summed E-state index contributed by atoms with van der Waals surface area (Å²) in [7, 11) is 0. The Bertz CT molecular complexity index is 501. The van der Waals surface area contributed by atoms with Crippen molar-refractivity contribution >= 4 is 18.7 Å². The lowest BCUT2D eigenvalue weighted by atomic mass is 9.93. The average Bonchev–Trinajstić information content (AvgIpc) is 2.56. The first-order chi connectivity index (χ1) is 9.49. The number of hydrogen-bond donors (Lipinski definition) is 4. The molecule has 0 radical (unpaired) electrons. The molecule has 0 bridgehead atoms. The molecule has 0 aliphatic carbocycles. The third-order valence-corrected chi connectivity index (χ3v) is 4.05. The predicted molar refractivity (Wildman–Crippen MR) is 74.1 cm³/mol. The average molecular weight is 302 g/mol. The van der Waals surface area contributed by atoms with Gasteiger partial charge in [-0.05, 0) is 30.4 Å². The van der Waals surface area contributed by atoms with E-state index < -0.39 is 17.7 Å². The summed E-state index contributed by atoms with van der Waals surface area (Å²) in [6.07, 6.45) is -0.0602. The Hall–Kier alpha value is -1.34. The number of rotatable bonds is 2. The van der Waals surface area contributed by atoms with Crippen LogP contribution in [0.2, 0.25) is 0 Å². The summed E-state index contributed by atoms with van der Waals surface area (Å²) in [6.45, 7) is 0.423. The second kappa shape index (κ2) is 6.41. The van der Waals surface area contributed by atoms with E-state index in [1.165, 1.54) is 6.07 Å². The quantitative estimate of drug-likeness (QED) is 0.634. The molecule has 3 N–H and O–H groups in total. The minimum Gasteiger partial charge on any atom is -0.465 e. The van der Waals surface area contributed by atoms with E-state index in [2.05, 4.69) is 23.3 Å². The molecule has 1 aromatic carbocycles. The Morgan fingerprint density at radius 3 is 2.85 bits per heavy atom. The molecule has 1 aromatic rings. The van der Waals surface area contributed by atoms with Crippen LogP contribution in [0, 0.1) is 11.6 Å². The number of hydrogen-bond acceptors (Lipinski definition) is 3. The molecule has 1 heterocycles. The van der Waals surface area contributed by atoms with Gasteiger partial charge in [0.1, 0.15) is 0 Å². The maximum Gasteiger partial charge on any atom is 0.404 e. The second-order valence-electron chi connectivity index (χ2n) is 4.83. The Balaban J connectivity index is 2.12. The molecule has 1 saturated heterocycles. The number of carbonyl (C=O) groups is 1.